The van der Waals surface area contributed by atoms with Crippen LogP contribution >= 0.6 is 0 Å². The van der Waals surface area contributed by atoms with Crippen LogP contribution in [-0.4, -0.2) is 17.0 Å². The molecule has 1 aliphatic carbocycles. The predicted octanol–water partition coefficient (Wildman–Crippen LogP) is 2.70. The smallest absolute Gasteiger partial charge is 0.138 e. The molecule has 92 valence electrons. The zero-order chi connectivity index (χ0) is 12.5. The topological polar surface area (TPSA) is 55.0 Å². The Morgan fingerprint density at radius 1 is 1.17 bits per heavy atom. The van der Waals surface area contributed by atoms with Crippen LogP contribution in [-0.2, 0) is 0 Å². The van der Waals surface area contributed by atoms with Crippen molar-refractivity contribution in [1.82, 2.24) is 9.97 Å². The monoisotopic (exact) mass is 240 g/mol. The number of hydrogen-bond donors (Lipinski definition) is 1. The third-order valence-corrected chi connectivity index (χ3v) is 3.18. The first-order valence-electron chi connectivity index (χ1n) is 6.17. The van der Waals surface area contributed by atoms with E-state index in [9.17, 15) is 0 Å². The first-order chi connectivity index (χ1) is 8.74. The standard InChI is InChI=1S/C14H16N4/c1-18(11-5-3-2-4-6-11)13-9-12(15)16-14(17-13)10-7-8-10/h2-6,9-10H,7-8H2,1H3,(H2,15,16,17). The van der Waals surface area contributed by atoms with Crippen molar-refractivity contribution in [2.24, 2.45) is 0 Å². The van der Waals surface area contributed by atoms with Crippen LogP contribution in [0.4, 0.5) is 17.3 Å². The van der Waals surface area contributed by atoms with E-state index >= 15 is 0 Å². The molecule has 1 heterocycles. The summed E-state index contributed by atoms with van der Waals surface area (Å²) in [6.45, 7) is 0. The molecule has 4 nitrogen and oxygen atoms in total. The van der Waals surface area contributed by atoms with E-state index in [1.165, 1.54) is 12.8 Å². The van der Waals surface area contributed by atoms with Crippen LogP contribution in [0.15, 0.2) is 36.4 Å². The van der Waals surface area contributed by atoms with Gasteiger partial charge in [-0.05, 0) is 25.0 Å². The Labute approximate surface area is 106 Å². The van der Waals surface area contributed by atoms with Gasteiger partial charge in [-0.2, -0.15) is 0 Å². The molecule has 0 radical (unpaired) electrons. The van der Waals surface area contributed by atoms with E-state index in [1.807, 2.05) is 36.2 Å². The highest BCUT2D eigenvalue weighted by atomic mass is 15.2. The minimum absolute atomic E-state index is 0.511. The van der Waals surface area contributed by atoms with Gasteiger partial charge in [0, 0.05) is 24.7 Å². The summed E-state index contributed by atoms with van der Waals surface area (Å²) in [4.78, 5) is 11.0. The third-order valence-electron chi connectivity index (χ3n) is 3.18. The van der Waals surface area contributed by atoms with E-state index in [0.717, 1.165) is 17.3 Å². The Hall–Kier alpha value is -2.10. The predicted molar refractivity (Wildman–Crippen MR) is 72.9 cm³/mol. The number of nitrogens with two attached hydrogens (primary N) is 1. The van der Waals surface area contributed by atoms with Crippen molar-refractivity contribution >= 4 is 17.3 Å². The van der Waals surface area contributed by atoms with E-state index in [-0.39, 0.29) is 0 Å². The maximum atomic E-state index is 5.86. The van der Waals surface area contributed by atoms with Crippen molar-refractivity contribution in [1.29, 1.82) is 0 Å². The molecule has 4 heteroatoms. The van der Waals surface area contributed by atoms with E-state index in [0.29, 0.717) is 11.7 Å². The van der Waals surface area contributed by atoms with Crippen molar-refractivity contribution in [3.8, 4) is 0 Å². The first kappa shape index (κ1) is 11.0. The molecule has 0 atom stereocenters. The van der Waals surface area contributed by atoms with Crippen LogP contribution < -0.4 is 10.6 Å². The number of nitrogen functional groups attached to an aromatic ring is 1. The van der Waals surface area contributed by atoms with Crippen molar-refractivity contribution in [2.75, 3.05) is 17.7 Å². The highest BCUT2D eigenvalue weighted by Gasteiger charge is 2.27. The Bertz CT molecular complexity index is 549. The Morgan fingerprint density at radius 3 is 2.56 bits per heavy atom. The van der Waals surface area contributed by atoms with E-state index in [4.69, 9.17) is 5.73 Å². The number of benzene rings is 1. The lowest BCUT2D eigenvalue weighted by Crippen LogP contribution is -2.13. The van der Waals surface area contributed by atoms with Crippen molar-refractivity contribution in [3.63, 3.8) is 0 Å². The van der Waals surface area contributed by atoms with Gasteiger partial charge in [-0.25, -0.2) is 9.97 Å². The molecular formula is C14H16N4. The van der Waals surface area contributed by atoms with Gasteiger partial charge in [0.25, 0.3) is 0 Å². The maximum Gasteiger partial charge on any atom is 0.138 e. The minimum atomic E-state index is 0.511. The second kappa shape index (κ2) is 4.29. The van der Waals surface area contributed by atoms with Crippen LogP contribution in [0.2, 0.25) is 0 Å². The third kappa shape index (κ3) is 2.14. The molecule has 18 heavy (non-hydrogen) atoms. The molecule has 1 saturated carbocycles. The van der Waals surface area contributed by atoms with E-state index in [2.05, 4.69) is 22.1 Å². The number of rotatable bonds is 3. The summed E-state index contributed by atoms with van der Waals surface area (Å²) in [5.41, 5.74) is 6.96. The normalized spacial score (nSPS) is 14.5. The molecule has 1 aromatic heterocycles. The molecule has 2 aromatic rings. The van der Waals surface area contributed by atoms with Gasteiger partial charge < -0.3 is 10.6 Å². The summed E-state index contributed by atoms with van der Waals surface area (Å²) in [5.74, 6) is 2.80. The van der Waals surface area contributed by atoms with Gasteiger partial charge in [0.1, 0.15) is 17.5 Å². The summed E-state index contributed by atoms with van der Waals surface area (Å²) >= 11 is 0. The van der Waals surface area contributed by atoms with Crippen molar-refractivity contribution < 1.29 is 0 Å². The zero-order valence-electron chi connectivity index (χ0n) is 10.4. The summed E-state index contributed by atoms with van der Waals surface area (Å²) in [5, 5.41) is 0. The van der Waals surface area contributed by atoms with E-state index < -0.39 is 0 Å². The molecule has 0 amide bonds. The molecule has 0 aliphatic heterocycles. The molecule has 1 fully saturated rings. The quantitative estimate of drug-likeness (QED) is 0.896. The molecular weight excluding hydrogens is 224 g/mol. The fraction of sp³-hybridized carbons (Fsp3) is 0.286. The SMILES string of the molecule is CN(c1ccccc1)c1cc(N)nc(C2CC2)n1. The second-order valence-corrected chi connectivity index (χ2v) is 4.68. The molecule has 0 spiro atoms. The van der Waals surface area contributed by atoms with Gasteiger partial charge in [-0.3, -0.25) is 0 Å². The fourth-order valence-corrected chi connectivity index (χ4v) is 1.95. The lowest BCUT2D eigenvalue weighted by Gasteiger charge is -2.19. The van der Waals surface area contributed by atoms with Gasteiger partial charge in [0.05, 0.1) is 0 Å². The fourth-order valence-electron chi connectivity index (χ4n) is 1.95. The number of anilines is 3. The summed E-state index contributed by atoms with van der Waals surface area (Å²) in [6.07, 6.45) is 2.36. The lowest BCUT2D eigenvalue weighted by molar-refractivity contribution is 0.920. The van der Waals surface area contributed by atoms with Gasteiger partial charge in [-0.1, -0.05) is 18.2 Å². The maximum absolute atomic E-state index is 5.86. The molecule has 1 aromatic carbocycles. The zero-order valence-corrected chi connectivity index (χ0v) is 10.4. The molecule has 1 aliphatic rings. The summed E-state index contributed by atoms with van der Waals surface area (Å²) in [7, 11) is 1.99. The van der Waals surface area contributed by atoms with Crippen LogP contribution in [0, 0.1) is 0 Å². The lowest BCUT2D eigenvalue weighted by atomic mass is 10.3. The van der Waals surface area contributed by atoms with Gasteiger partial charge >= 0.3 is 0 Å². The molecule has 0 unspecified atom stereocenters. The van der Waals surface area contributed by atoms with Gasteiger partial charge in [-0.15, -0.1) is 0 Å². The highest BCUT2D eigenvalue weighted by molar-refractivity contribution is 5.61. The van der Waals surface area contributed by atoms with Crippen LogP contribution in [0.25, 0.3) is 0 Å². The van der Waals surface area contributed by atoms with Crippen LogP contribution in [0.1, 0.15) is 24.6 Å². The summed E-state index contributed by atoms with van der Waals surface area (Å²) < 4.78 is 0. The average Bonchev–Trinajstić information content (AvgIpc) is 3.22. The number of aromatic nitrogens is 2. The van der Waals surface area contributed by atoms with Crippen LogP contribution in [0.3, 0.4) is 0 Å². The number of nitrogens with zero attached hydrogens (tertiary/aromatic N) is 3. The number of para-hydroxylation sites is 1. The largest absolute Gasteiger partial charge is 0.384 e. The van der Waals surface area contributed by atoms with Gasteiger partial charge in [0.2, 0.25) is 0 Å². The second-order valence-electron chi connectivity index (χ2n) is 4.68. The first-order valence-corrected chi connectivity index (χ1v) is 6.17. The Kier molecular flexibility index (Phi) is 2.63. The van der Waals surface area contributed by atoms with Gasteiger partial charge in [0.15, 0.2) is 0 Å². The van der Waals surface area contributed by atoms with Crippen LogP contribution in [0.5, 0.6) is 0 Å². The molecule has 0 saturated heterocycles. The molecule has 3 rings (SSSR count). The average molecular weight is 240 g/mol. The molecule has 2 N–H and O–H groups in total. The Balaban J connectivity index is 1.96. The number of hydrogen-bond acceptors (Lipinski definition) is 4. The van der Waals surface area contributed by atoms with Crippen molar-refractivity contribution in [2.45, 2.75) is 18.8 Å². The Morgan fingerprint density at radius 2 is 1.89 bits per heavy atom. The highest BCUT2D eigenvalue weighted by Crippen LogP contribution is 2.39. The molecule has 0 bridgehead atoms. The minimum Gasteiger partial charge on any atom is -0.384 e. The van der Waals surface area contributed by atoms with Crippen molar-refractivity contribution in [3.05, 3.63) is 42.2 Å². The summed E-state index contributed by atoms with van der Waals surface area (Å²) in [6, 6.07) is 11.9. The van der Waals surface area contributed by atoms with E-state index in [1.54, 1.807) is 0 Å².